The van der Waals surface area contributed by atoms with E-state index in [1.165, 1.54) is 16.7 Å². The molecule has 104 valence electrons. The Bertz CT molecular complexity index is 582. The molecule has 1 N–H and O–H groups in total. The highest BCUT2D eigenvalue weighted by Gasteiger charge is 2.27. The largest absolute Gasteiger partial charge is 0.364 e. The van der Waals surface area contributed by atoms with Crippen molar-refractivity contribution in [3.8, 4) is 0 Å². The first-order valence-electron chi connectivity index (χ1n) is 6.91. The van der Waals surface area contributed by atoms with Crippen LogP contribution in [-0.4, -0.2) is 13.6 Å². The first kappa shape index (κ1) is 13.6. The van der Waals surface area contributed by atoms with Gasteiger partial charge in [0.2, 0.25) is 0 Å². The molecule has 3 rings (SSSR count). The van der Waals surface area contributed by atoms with Gasteiger partial charge in [0.1, 0.15) is 0 Å². The van der Waals surface area contributed by atoms with Crippen molar-refractivity contribution >= 4 is 11.6 Å². The predicted molar refractivity (Wildman–Crippen MR) is 82.1 cm³/mol. The van der Waals surface area contributed by atoms with Crippen LogP contribution < -0.4 is 5.32 Å². The van der Waals surface area contributed by atoms with Gasteiger partial charge >= 0.3 is 0 Å². The first-order valence-corrected chi connectivity index (χ1v) is 7.29. The monoisotopic (exact) mass is 287 g/mol. The number of likely N-dealkylation sites (N-methyl/N-ethyl adjacent to an activating group) is 1. The van der Waals surface area contributed by atoms with E-state index in [-0.39, 0.29) is 12.2 Å². The van der Waals surface area contributed by atoms with Gasteiger partial charge in [-0.15, -0.1) is 0 Å². The Morgan fingerprint density at radius 3 is 2.65 bits per heavy atom. The lowest BCUT2D eigenvalue weighted by molar-refractivity contribution is -0.0257. The molecule has 1 aliphatic heterocycles. The molecule has 0 aliphatic carbocycles. The summed E-state index contributed by atoms with van der Waals surface area (Å²) in [4.78, 5) is 0. The van der Waals surface area contributed by atoms with E-state index in [4.69, 9.17) is 16.3 Å². The molecule has 20 heavy (non-hydrogen) atoms. The zero-order valence-electron chi connectivity index (χ0n) is 11.5. The number of hydrogen-bond donors (Lipinski definition) is 1. The van der Waals surface area contributed by atoms with Crippen LogP contribution in [0.4, 0.5) is 0 Å². The van der Waals surface area contributed by atoms with Crippen molar-refractivity contribution in [1.29, 1.82) is 0 Å². The van der Waals surface area contributed by atoms with Crippen molar-refractivity contribution in [1.82, 2.24) is 5.32 Å². The van der Waals surface area contributed by atoms with Crippen LogP contribution in [-0.2, 0) is 11.2 Å². The van der Waals surface area contributed by atoms with Gasteiger partial charge in [0.25, 0.3) is 0 Å². The quantitative estimate of drug-likeness (QED) is 0.924. The number of ether oxygens (including phenoxy) is 1. The van der Waals surface area contributed by atoms with E-state index in [9.17, 15) is 0 Å². The third-order valence-electron chi connectivity index (χ3n) is 3.77. The van der Waals surface area contributed by atoms with E-state index in [1.54, 1.807) is 0 Å². The third kappa shape index (κ3) is 2.73. The summed E-state index contributed by atoms with van der Waals surface area (Å²) < 4.78 is 6.27. The number of hydrogen-bond acceptors (Lipinski definition) is 2. The molecule has 1 aliphatic rings. The Kier molecular flexibility index (Phi) is 4.06. The third-order valence-corrected chi connectivity index (χ3v) is 4.02. The lowest BCUT2D eigenvalue weighted by Gasteiger charge is -2.32. The maximum absolute atomic E-state index is 6.27. The summed E-state index contributed by atoms with van der Waals surface area (Å²) in [5.41, 5.74) is 3.86. The van der Waals surface area contributed by atoms with E-state index >= 15 is 0 Å². The minimum Gasteiger partial charge on any atom is -0.364 e. The standard InChI is InChI=1S/C17H18ClNO/c1-19-11-17-15-5-3-2-4-13(15)10-16(20-17)12-6-8-14(18)9-7-12/h2-9,16-17,19H,10-11H2,1H3/t16-,17-/m1/s1. The van der Waals surface area contributed by atoms with Crippen molar-refractivity contribution < 1.29 is 4.74 Å². The second-order valence-electron chi connectivity index (χ2n) is 5.13. The zero-order chi connectivity index (χ0) is 13.9. The molecule has 0 aromatic heterocycles. The topological polar surface area (TPSA) is 21.3 Å². The van der Waals surface area contributed by atoms with E-state index in [2.05, 4.69) is 41.7 Å². The summed E-state index contributed by atoms with van der Waals surface area (Å²) in [6.07, 6.45) is 1.11. The number of halogens is 1. The highest BCUT2D eigenvalue weighted by atomic mass is 35.5. The van der Waals surface area contributed by atoms with Gasteiger partial charge < -0.3 is 10.1 Å². The molecule has 0 amide bonds. The Labute approximate surface area is 124 Å². The normalized spacial score (nSPS) is 21.5. The van der Waals surface area contributed by atoms with Crippen LogP contribution in [0.5, 0.6) is 0 Å². The Morgan fingerprint density at radius 2 is 1.90 bits per heavy atom. The predicted octanol–water partition coefficient (Wildman–Crippen LogP) is 3.91. The molecule has 0 saturated heterocycles. The fraction of sp³-hybridized carbons (Fsp3) is 0.294. The molecule has 0 radical (unpaired) electrons. The molecule has 0 fully saturated rings. The average molecular weight is 288 g/mol. The molecule has 2 atom stereocenters. The summed E-state index contributed by atoms with van der Waals surface area (Å²) >= 11 is 5.96. The second kappa shape index (κ2) is 5.96. The van der Waals surface area contributed by atoms with Gasteiger partial charge in [-0.1, -0.05) is 48.0 Å². The smallest absolute Gasteiger partial charge is 0.0960 e. The summed E-state index contributed by atoms with van der Waals surface area (Å²) in [6.45, 7) is 0.821. The van der Waals surface area contributed by atoms with Gasteiger partial charge in [-0.2, -0.15) is 0 Å². The van der Waals surface area contributed by atoms with Crippen LogP contribution in [0.2, 0.25) is 5.02 Å². The molecule has 3 heteroatoms. The van der Waals surface area contributed by atoms with E-state index in [1.807, 2.05) is 19.2 Å². The molecule has 0 unspecified atom stereocenters. The maximum Gasteiger partial charge on any atom is 0.0960 e. The van der Waals surface area contributed by atoms with Crippen molar-refractivity contribution in [2.45, 2.75) is 18.6 Å². The first-order chi connectivity index (χ1) is 9.78. The molecule has 1 heterocycles. The minimum absolute atomic E-state index is 0.0977. The van der Waals surface area contributed by atoms with Crippen LogP contribution in [0.25, 0.3) is 0 Å². The van der Waals surface area contributed by atoms with Crippen LogP contribution in [0.1, 0.15) is 28.9 Å². The fourth-order valence-corrected chi connectivity index (χ4v) is 2.90. The van der Waals surface area contributed by atoms with E-state index in [0.29, 0.717) is 0 Å². The van der Waals surface area contributed by atoms with Crippen LogP contribution in [0.3, 0.4) is 0 Å². The second-order valence-corrected chi connectivity index (χ2v) is 5.56. The molecule has 2 aromatic carbocycles. The number of fused-ring (bicyclic) bond motifs is 1. The lowest BCUT2D eigenvalue weighted by Crippen LogP contribution is -2.27. The van der Waals surface area contributed by atoms with Crippen LogP contribution in [0, 0.1) is 0 Å². The van der Waals surface area contributed by atoms with Gasteiger partial charge in [-0.3, -0.25) is 0 Å². The molecule has 2 nitrogen and oxygen atoms in total. The fourth-order valence-electron chi connectivity index (χ4n) is 2.77. The Morgan fingerprint density at radius 1 is 1.15 bits per heavy atom. The molecule has 2 aromatic rings. The van der Waals surface area contributed by atoms with E-state index < -0.39 is 0 Å². The lowest BCUT2D eigenvalue weighted by atomic mass is 9.91. The van der Waals surface area contributed by atoms with Gasteiger partial charge in [-0.25, -0.2) is 0 Å². The van der Waals surface area contributed by atoms with Gasteiger partial charge in [0, 0.05) is 18.0 Å². The highest BCUT2D eigenvalue weighted by molar-refractivity contribution is 6.30. The Hall–Kier alpha value is -1.35. The SMILES string of the molecule is CNC[C@H]1O[C@@H](c2ccc(Cl)cc2)Cc2ccccc21. The summed E-state index contributed by atoms with van der Waals surface area (Å²) in [5.74, 6) is 0. The van der Waals surface area contributed by atoms with Crippen LogP contribution >= 0.6 is 11.6 Å². The zero-order valence-corrected chi connectivity index (χ0v) is 12.2. The highest BCUT2D eigenvalue weighted by Crippen LogP contribution is 2.37. The van der Waals surface area contributed by atoms with Crippen molar-refractivity contribution in [2.24, 2.45) is 0 Å². The molecule has 0 saturated carbocycles. The molecular weight excluding hydrogens is 270 g/mol. The number of nitrogens with one attached hydrogen (secondary N) is 1. The maximum atomic E-state index is 6.27. The number of benzene rings is 2. The molecule has 0 bridgehead atoms. The van der Waals surface area contributed by atoms with Crippen molar-refractivity contribution in [2.75, 3.05) is 13.6 Å². The van der Waals surface area contributed by atoms with Crippen molar-refractivity contribution in [3.05, 3.63) is 70.2 Å². The summed E-state index contributed by atoms with van der Waals surface area (Å²) in [6, 6.07) is 16.5. The van der Waals surface area contributed by atoms with E-state index in [0.717, 1.165) is 18.0 Å². The average Bonchev–Trinajstić information content (AvgIpc) is 2.48. The summed E-state index contributed by atoms with van der Waals surface area (Å²) in [7, 11) is 1.96. The minimum atomic E-state index is 0.0977. The van der Waals surface area contributed by atoms with Gasteiger partial charge in [-0.05, 0) is 35.9 Å². The molecule has 0 spiro atoms. The number of rotatable bonds is 3. The van der Waals surface area contributed by atoms with Gasteiger partial charge in [0.05, 0.1) is 12.2 Å². The summed E-state index contributed by atoms with van der Waals surface area (Å²) in [5, 5.41) is 3.97. The molecular formula is C17H18ClNO. The van der Waals surface area contributed by atoms with Crippen LogP contribution in [0.15, 0.2) is 48.5 Å². The van der Waals surface area contributed by atoms with Gasteiger partial charge in [0.15, 0.2) is 0 Å². The Balaban J connectivity index is 1.91. The van der Waals surface area contributed by atoms with Crippen molar-refractivity contribution in [3.63, 3.8) is 0 Å².